The summed E-state index contributed by atoms with van der Waals surface area (Å²) in [6.07, 6.45) is 4.06. The van der Waals surface area contributed by atoms with Crippen molar-refractivity contribution in [3.63, 3.8) is 0 Å². The van der Waals surface area contributed by atoms with Crippen LogP contribution in [0.4, 0.5) is 0 Å². The minimum Gasteiger partial charge on any atom is -0.303 e. The standard InChI is InChI=1S/C10H19N3O/c1-2-5-13-6-3-10(4-7-13)8-9(14)11-12-10/h12H,2-8H2,1H3,(H,11,14). The molecule has 2 N–H and O–H groups in total. The molecule has 80 valence electrons. The van der Waals surface area contributed by atoms with Crippen LogP contribution < -0.4 is 10.9 Å². The van der Waals surface area contributed by atoms with Crippen molar-refractivity contribution >= 4 is 5.91 Å². The molecule has 4 nitrogen and oxygen atoms in total. The summed E-state index contributed by atoms with van der Waals surface area (Å²) < 4.78 is 0. The Morgan fingerprint density at radius 3 is 2.64 bits per heavy atom. The number of piperidine rings is 1. The van der Waals surface area contributed by atoms with Crippen LogP contribution in [0.5, 0.6) is 0 Å². The van der Waals surface area contributed by atoms with E-state index in [0.717, 1.165) is 25.9 Å². The van der Waals surface area contributed by atoms with Gasteiger partial charge in [-0.05, 0) is 38.9 Å². The topological polar surface area (TPSA) is 44.4 Å². The molecule has 14 heavy (non-hydrogen) atoms. The Kier molecular flexibility index (Phi) is 2.74. The van der Waals surface area contributed by atoms with Crippen molar-refractivity contribution in [2.75, 3.05) is 19.6 Å². The maximum absolute atomic E-state index is 11.1. The number of likely N-dealkylation sites (tertiary alicyclic amines) is 1. The number of carbonyl (C=O) groups is 1. The highest BCUT2D eigenvalue weighted by Crippen LogP contribution is 2.27. The molecule has 0 unspecified atom stereocenters. The normalized spacial score (nSPS) is 26.8. The lowest BCUT2D eigenvalue weighted by Gasteiger charge is -2.38. The number of hydrogen-bond donors (Lipinski definition) is 2. The van der Waals surface area contributed by atoms with Crippen molar-refractivity contribution in [1.82, 2.24) is 15.8 Å². The molecular weight excluding hydrogens is 178 g/mol. The Balaban J connectivity index is 1.86. The summed E-state index contributed by atoms with van der Waals surface area (Å²) >= 11 is 0. The number of amides is 1. The van der Waals surface area contributed by atoms with E-state index in [1.54, 1.807) is 0 Å². The molecule has 4 heteroatoms. The Hall–Kier alpha value is -0.610. The molecule has 0 aliphatic carbocycles. The summed E-state index contributed by atoms with van der Waals surface area (Å²) in [5, 5.41) is 0. The number of hydrogen-bond acceptors (Lipinski definition) is 3. The van der Waals surface area contributed by atoms with E-state index < -0.39 is 0 Å². The Labute approximate surface area is 85.0 Å². The molecule has 2 saturated heterocycles. The van der Waals surface area contributed by atoms with Crippen LogP contribution >= 0.6 is 0 Å². The SMILES string of the molecule is CCCN1CCC2(CC1)CC(=O)NN2. The van der Waals surface area contributed by atoms with Gasteiger partial charge in [-0.2, -0.15) is 0 Å². The van der Waals surface area contributed by atoms with Gasteiger partial charge in [-0.3, -0.25) is 10.2 Å². The van der Waals surface area contributed by atoms with Crippen LogP contribution in [0, 0.1) is 0 Å². The van der Waals surface area contributed by atoms with Gasteiger partial charge in [0.05, 0.1) is 0 Å². The van der Waals surface area contributed by atoms with Crippen molar-refractivity contribution in [2.24, 2.45) is 0 Å². The summed E-state index contributed by atoms with van der Waals surface area (Å²) in [5.41, 5.74) is 5.95. The summed E-state index contributed by atoms with van der Waals surface area (Å²) in [7, 11) is 0. The van der Waals surface area contributed by atoms with Crippen LogP contribution in [0.1, 0.15) is 32.6 Å². The average molecular weight is 197 g/mol. The second-order valence-electron chi connectivity index (χ2n) is 4.47. The maximum atomic E-state index is 11.1. The fourth-order valence-corrected chi connectivity index (χ4v) is 2.42. The Morgan fingerprint density at radius 2 is 2.14 bits per heavy atom. The first-order chi connectivity index (χ1) is 6.74. The highest BCUT2D eigenvalue weighted by Gasteiger charge is 2.40. The fraction of sp³-hybridized carbons (Fsp3) is 0.900. The predicted molar refractivity (Wildman–Crippen MR) is 54.6 cm³/mol. The molecular formula is C10H19N3O. The predicted octanol–water partition coefficient (Wildman–Crippen LogP) is 0.255. The van der Waals surface area contributed by atoms with E-state index in [9.17, 15) is 4.79 Å². The lowest BCUT2D eigenvalue weighted by molar-refractivity contribution is -0.119. The number of hydrazine groups is 1. The molecule has 0 aromatic carbocycles. The van der Waals surface area contributed by atoms with Crippen LogP contribution in [0.15, 0.2) is 0 Å². The van der Waals surface area contributed by atoms with Gasteiger partial charge >= 0.3 is 0 Å². The lowest BCUT2D eigenvalue weighted by atomic mass is 9.86. The van der Waals surface area contributed by atoms with Gasteiger partial charge in [0.25, 0.3) is 0 Å². The van der Waals surface area contributed by atoms with Crippen LogP contribution in [0.25, 0.3) is 0 Å². The molecule has 2 aliphatic rings. The van der Waals surface area contributed by atoms with Crippen LogP contribution in [0.3, 0.4) is 0 Å². The molecule has 1 amide bonds. The van der Waals surface area contributed by atoms with E-state index in [4.69, 9.17) is 0 Å². The lowest BCUT2D eigenvalue weighted by Crippen LogP contribution is -2.52. The first kappa shape index (κ1) is 9.93. The van der Waals surface area contributed by atoms with E-state index in [-0.39, 0.29) is 11.4 Å². The second-order valence-corrected chi connectivity index (χ2v) is 4.47. The fourth-order valence-electron chi connectivity index (χ4n) is 2.42. The Morgan fingerprint density at radius 1 is 1.43 bits per heavy atom. The smallest absolute Gasteiger partial charge is 0.236 e. The van der Waals surface area contributed by atoms with Crippen LogP contribution in [0.2, 0.25) is 0 Å². The van der Waals surface area contributed by atoms with Crippen LogP contribution in [-0.4, -0.2) is 36.0 Å². The van der Waals surface area contributed by atoms with E-state index in [1.807, 2.05) is 0 Å². The third-order valence-corrected chi connectivity index (χ3v) is 3.32. The zero-order valence-electron chi connectivity index (χ0n) is 8.81. The van der Waals surface area contributed by atoms with Crippen molar-refractivity contribution < 1.29 is 4.79 Å². The zero-order chi connectivity index (χ0) is 10.0. The molecule has 0 saturated carbocycles. The van der Waals surface area contributed by atoms with Gasteiger partial charge in [-0.15, -0.1) is 0 Å². The van der Waals surface area contributed by atoms with Gasteiger partial charge in [0, 0.05) is 12.0 Å². The molecule has 2 rings (SSSR count). The monoisotopic (exact) mass is 197 g/mol. The van der Waals surface area contributed by atoms with Crippen molar-refractivity contribution in [3.05, 3.63) is 0 Å². The molecule has 2 aliphatic heterocycles. The van der Waals surface area contributed by atoms with Gasteiger partial charge in [0.2, 0.25) is 5.91 Å². The number of nitrogens with zero attached hydrogens (tertiary/aromatic N) is 1. The van der Waals surface area contributed by atoms with Crippen LogP contribution in [-0.2, 0) is 4.79 Å². The van der Waals surface area contributed by atoms with Gasteiger partial charge in [-0.1, -0.05) is 6.92 Å². The summed E-state index contributed by atoms with van der Waals surface area (Å²) in [4.78, 5) is 13.6. The largest absolute Gasteiger partial charge is 0.303 e. The Bertz CT molecular complexity index is 221. The first-order valence-corrected chi connectivity index (χ1v) is 5.52. The van der Waals surface area contributed by atoms with Crippen molar-refractivity contribution in [1.29, 1.82) is 0 Å². The third kappa shape index (κ3) is 1.91. The average Bonchev–Trinajstić information content (AvgIpc) is 2.53. The first-order valence-electron chi connectivity index (χ1n) is 5.52. The molecule has 0 radical (unpaired) electrons. The van der Waals surface area contributed by atoms with E-state index in [2.05, 4.69) is 22.7 Å². The highest BCUT2D eigenvalue weighted by atomic mass is 16.2. The summed E-state index contributed by atoms with van der Waals surface area (Å²) in [6, 6.07) is 0. The second kappa shape index (κ2) is 3.87. The number of nitrogens with one attached hydrogen (secondary N) is 2. The molecule has 2 fully saturated rings. The van der Waals surface area contributed by atoms with Crippen molar-refractivity contribution in [2.45, 2.75) is 38.1 Å². The zero-order valence-corrected chi connectivity index (χ0v) is 8.81. The van der Waals surface area contributed by atoms with E-state index in [0.29, 0.717) is 6.42 Å². The number of carbonyl (C=O) groups excluding carboxylic acids is 1. The molecule has 1 spiro atoms. The van der Waals surface area contributed by atoms with Gasteiger partial charge in [0.15, 0.2) is 0 Å². The highest BCUT2D eigenvalue weighted by molar-refractivity contribution is 5.79. The maximum Gasteiger partial charge on any atom is 0.236 e. The van der Waals surface area contributed by atoms with Gasteiger partial charge < -0.3 is 4.90 Å². The molecule has 0 aromatic rings. The molecule has 0 atom stereocenters. The third-order valence-electron chi connectivity index (χ3n) is 3.32. The minimum atomic E-state index is 0.0708. The van der Waals surface area contributed by atoms with Crippen molar-refractivity contribution in [3.8, 4) is 0 Å². The molecule has 0 bridgehead atoms. The summed E-state index contributed by atoms with van der Waals surface area (Å²) in [6.45, 7) is 5.65. The van der Waals surface area contributed by atoms with E-state index in [1.165, 1.54) is 13.0 Å². The summed E-state index contributed by atoms with van der Waals surface area (Å²) in [5.74, 6) is 0.147. The van der Waals surface area contributed by atoms with E-state index >= 15 is 0 Å². The quantitative estimate of drug-likeness (QED) is 0.667. The molecule has 2 heterocycles. The number of rotatable bonds is 2. The van der Waals surface area contributed by atoms with Gasteiger partial charge in [-0.25, -0.2) is 5.43 Å². The molecule has 0 aromatic heterocycles. The minimum absolute atomic E-state index is 0.0708. The van der Waals surface area contributed by atoms with Gasteiger partial charge in [0.1, 0.15) is 0 Å².